The Hall–Kier alpha value is -1.67. The molecule has 4 nitrogen and oxygen atoms in total. The van der Waals surface area contributed by atoms with Gasteiger partial charge in [0.05, 0.1) is 6.61 Å². The molecule has 0 saturated carbocycles. The molecule has 2 N–H and O–H groups in total. The Kier molecular flexibility index (Phi) is 9.55. The second-order valence-electron chi connectivity index (χ2n) is 6.21. The van der Waals surface area contributed by atoms with Crippen LogP contribution in [0.15, 0.2) is 48.5 Å². The largest absolute Gasteiger partial charge is 0.494 e. The second-order valence-corrected chi connectivity index (χ2v) is 7.86. The zero-order chi connectivity index (χ0) is 19.5. The van der Waals surface area contributed by atoms with Crippen LogP contribution in [-0.2, 0) is 0 Å². The molecule has 2 rings (SSSR count). The van der Waals surface area contributed by atoms with Gasteiger partial charge < -0.3 is 10.1 Å². The number of benzene rings is 2. The summed E-state index contributed by atoms with van der Waals surface area (Å²) in [4.78, 5) is 12.2. The SMILES string of the molecule is CCCCCCCOc1ccc(NC(=S)NC(=O)c2cccc(I)c2)cc1. The van der Waals surface area contributed by atoms with Crippen LogP contribution < -0.4 is 15.4 Å². The first kappa shape index (κ1) is 21.6. The Bertz CT molecular complexity index is 750. The maximum Gasteiger partial charge on any atom is 0.257 e. The summed E-state index contributed by atoms with van der Waals surface area (Å²) in [6.45, 7) is 2.95. The zero-order valence-corrected chi connectivity index (χ0v) is 18.4. The van der Waals surface area contributed by atoms with Crippen molar-refractivity contribution in [1.29, 1.82) is 0 Å². The predicted octanol–water partition coefficient (Wildman–Crippen LogP) is 5.77. The minimum absolute atomic E-state index is 0.228. The third-order valence-corrected chi connectivity index (χ3v) is 4.82. The van der Waals surface area contributed by atoms with Crippen LogP contribution in [0.4, 0.5) is 5.69 Å². The number of nitrogens with one attached hydrogen (secondary N) is 2. The number of rotatable bonds is 9. The average Bonchev–Trinajstić information content (AvgIpc) is 2.66. The van der Waals surface area contributed by atoms with Gasteiger partial charge in [0.1, 0.15) is 5.75 Å². The molecule has 0 aliphatic heterocycles. The number of hydrogen-bond acceptors (Lipinski definition) is 3. The number of amides is 1. The van der Waals surface area contributed by atoms with Gasteiger partial charge in [0.25, 0.3) is 5.91 Å². The van der Waals surface area contributed by atoms with E-state index in [0.29, 0.717) is 5.56 Å². The fraction of sp³-hybridized carbons (Fsp3) is 0.333. The van der Waals surface area contributed by atoms with Crippen LogP contribution in [0.2, 0.25) is 0 Å². The molecule has 0 atom stereocenters. The number of thiocarbonyl (C=S) groups is 1. The van der Waals surface area contributed by atoms with E-state index in [-0.39, 0.29) is 11.0 Å². The molecule has 0 saturated heterocycles. The Morgan fingerprint density at radius 1 is 1.07 bits per heavy atom. The first-order chi connectivity index (χ1) is 13.1. The summed E-state index contributed by atoms with van der Waals surface area (Å²) in [5.41, 5.74) is 1.38. The zero-order valence-electron chi connectivity index (χ0n) is 15.5. The van der Waals surface area contributed by atoms with Gasteiger partial charge in [-0.1, -0.05) is 38.7 Å². The molecule has 0 radical (unpaired) electrons. The number of hydrogen-bond donors (Lipinski definition) is 2. The first-order valence-corrected chi connectivity index (χ1v) is 10.7. The molecule has 0 bridgehead atoms. The molecule has 0 aromatic heterocycles. The lowest BCUT2D eigenvalue weighted by molar-refractivity contribution is 0.0977. The molecule has 0 aliphatic carbocycles. The summed E-state index contributed by atoms with van der Waals surface area (Å²) in [7, 11) is 0. The number of carbonyl (C=O) groups excluding carboxylic acids is 1. The normalized spacial score (nSPS) is 10.3. The fourth-order valence-corrected chi connectivity index (χ4v) is 3.25. The summed E-state index contributed by atoms with van der Waals surface area (Å²) in [5.74, 6) is 0.610. The summed E-state index contributed by atoms with van der Waals surface area (Å²) < 4.78 is 6.75. The standard InChI is InChI=1S/C21H25IN2O2S/c1-2-3-4-5-6-14-26-19-12-10-18(11-13-19)23-21(27)24-20(25)16-8-7-9-17(22)15-16/h7-13,15H,2-6,14H2,1H3,(H2,23,24,25,27). The predicted molar refractivity (Wildman–Crippen MR) is 124 cm³/mol. The number of ether oxygens (including phenoxy) is 1. The molecule has 1 amide bonds. The van der Waals surface area contributed by atoms with Gasteiger partial charge in [0.2, 0.25) is 0 Å². The molecular weight excluding hydrogens is 471 g/mol. The lowest BCUT2D eigenvalue weighted by atomic mass is 10.2. The van der Waals surface area contributed by atoms with Crippen molar-refractivity contribution in [2.24, 2.45) is 0 Å². The summed E-state index contributed by atoms with van der Waals surface area (Å²) in [6.07, 6.45) is 6.10. The van der Waals surface area contributed by atoms with Crippen molar-refractivity contribution in [3.8, 4) is 5.75 Å². The fourth-order valence-electron chi connectivity index (χ4n) is 2.50. The van der Waals surface area contributed by atoms with Crippen molar-refractivity contribution in [3.63, 3.8) is 0 Å². The second kappa shape index (κ2) is 11.9. The van der Waals surface area contributed by atoms with Crippen molar-refractivity contribution >= 4 is 51.5 Å². The van der Waals surface area contributed by atoms with Crippen molar-refractivity contribution in [2.75, 3.05) is 11.9 Å². The molecule has 144 valence electrons. The topological polar surface area (TPSA) is 50.4 Å². The number of carbonyl (C=O) groups is 1. The van der Waals surface area contributed by atoms with E-state index in [1.54, 1.807) is 6.07 Å². The highest BCUT2D eigenvalue weighted by molar-refractivity contribution is 14.1. The van der Waals surface area contributed by atoms with Crippen LogP contribution in [0.5, 0.6) is 5.75 Å². The Balaban J connectivity index is 1.75. The minimum atomic E-state index is -0.228. The molecule has 0 fully saturated rings. The van der Waals surface area contributed by atoms with E-state index in [1.807, 2.05) is 42.5 Å². The molecule has 6 heteroatoms. The molecule has 0 aliphatic rings. The van der Waals surface area contributed by atoms with Gasteiger partial charge in [0, 0.05) is 14.8 Å². The maximum absolute atomic E-state index is 12.2. The lowest BCUT2D eigenvalue weighted by Crippen LogP contribution is -2.34. The third kappa shape index (κ3) is 8.26. The summed E-state index contributed by atoms with van der Waals surface area (Å²) in [5, 5.41) is 5.98. The van der Waals surface area contributed by atoms with E-state index >= 15 is 0 Å². The van der Waals surface area contributed by atoms with E-state index < -0.39 is 0 Å². The van der Waals surface area contributed by atoms with Crippen molar-refractivity contribution < 1.29 is 9.53 Å². The van der Waals surface area contributed by atoms with Gasteiger partial charge in [-0.15, -0.1) is 0 Å². The van der Waals surface area contributed by atoms with Crippen molar-refractivity contribution in [1.82, 2.24) is 5.32 Å². The van der Waals surface area contributed by atoms with E-state index in [4.69, 9.17) is 17.0 Å². The van der Waals surface area contributed by atoms with E-state index in [2.05, 4.69) is 40.1 Å². The van der Waals surface area contributed by atoms with Gasteiger partial charge in [-0.25, -0.2) is 0 Å². The number of unbranched alkanes of at least 4 members (excludes halogenated alkanes) is 4. The molecule has 2 aromatic rings. The molecule has 0 unspecified atom stereocenters. The maximum atomic E-state index is 12.2. The Morgan fingerprint density at radius 2 is 1.81 bits per heavy atom. The highest BCUT2D eigenvalue weighted by Gasteiger charge is 2.08. The first-order valence-electron chi connectivity index (χ1n) is 9.19. The van der Waals surface area contributed by atoms with Crippen LogP contribution in [0.25, 0.3) is 0 Å². The van der Waals surface area contributed by atoms with E-state index in [1.165, 1.54) is 25.7 Å². The smallest absolute Gasteiger partial charge is 0.257 e. The monoisotopic (exact) mass is 496 g/mol. The van der Waals surface area contributed by atoms with Gasteiger partial charge in [-0.05, 0) is 83.7 Å². The van der Waals surface area contributed by atoms with Crippen LogP contribution in [0.3, 0.4) is 0 Å². The minimum Gasteiger partial charge on any atom is -0.494 e. The van der Waals surface area contributed by atoms with Gasteiger partial charge >= 0.3 is 0 Å². The van der Waals surface area contributed by atoms with E-state index in [0.717, 1.165) is 28.0 Å². The summed E-state index contributed by atoms with van der Waals surface area (Å²) in [6, 6.07) is 14.9. The van der Waals surface area contributed by atoms with Crippen LogP contribution in [0.1, 0.15) is 49.4 Å². The molecule has 27 heavy (non-hydrogen) atoms. The van der Waals surface area contributed by atoms with Crippen LogP contribution in [-0.4, -0.2) is 17.6 Å². The molecule has 0 spiro atoms. The van der Waals surface area contributed by atoms with Gasteiger partial charge in [0.15, 0.2) is 5.11 Å². The quantitative estimate of drug-likeness (QED) is 0.263. The van der Waals surface area contributed by atoms with Crippen molar-refractivity contribution in [3.05, 3.63) is 57.7 Å². The number of anilines is 1. The molecule has 0 heterocycles. The van der Waals surface area contributed by atoms with Gasteiger partial charge in [-0.3, -0.25) is 10.1 Å². The lowest BCUT2D eigenvalue weighted by Gasteiger charge is -2.11. The van der Waals surface area contributed by atoms with Crippen LogP contribution >= 0.6 is 34.8 Å². The highest BCUT2D eigenvalue weighted by Crippen LogP contribution is 2.16. The highest BCUT2D eigenvalue weighted by atomic mass is 127. The van der Waals surface area contributed by atoms with Gasteiger partial charge in [-0.2, -0.15) is 0 Å². The Morgan fingerprint density at radius 3 is 2.52 bits per heavy atom. The average molecular weight is 496 g/mol. The van der Waals surface area contributed by atoms with Crippen molar-refractivity contribution in [2.45, 2.75) is 39.0 Å². The summed E-state index contributed by atoms with van der Waals surface area (Å²) >= 11 is 7.39. The van der Waals surface area contributed by atoms with E-state index in [9.17, 15) is 4.79 Å². The Labute approximate surface area is 180 Å². The molecule has 2 aromatic carbocycles. The third-order valence-electron chi connectivity index (χ3n) is 3.94. The number of halogens is 1. The van der Waals surface area contributed by atoms with Crippen LogP contribution in [0, 0.1) is 3.57 Å². The molecular formula is C21H25IN2O2S.